The number of carbonyl (C=O) groups is 1. The van der Waals surface area contributed by atoms with E-state index in [1.54, 1.807) is 13.3 Å². The van der Waals surface area contributed by atoms with Gasteiger partial charge >= 0.3 is 0 Å². The molecule has 0 aliphatic carbocycles. The van der Waals surface area contributed by atoms with Gasteiger partial charge in [-0.25, -0.2) is 5.43 Å². The Hall–Kier alpha value is -3.80. The lowest BCUT2D eigenvalue weighted by atomic mass is 10.0. The average Bonchev–Trinajstić information content (AvgIpc) is 2.84. The number of nitrogens with zero attached hydrogens (tertiary/aromatic N) is 1. The number of hydrazone groups is 1. The molecular weight excluding hydrogens is 416 g/mol. The number of para-hydroxylation sites is 1. The summed E-state index contributed by atoms with van der Waals surface area (Å²) in [6, 6.07) is 23.4. The molecule has 0 spiro atoms. The molecule has 0 bridgehead atoms. The molecule has 0 heterocycles. The SMILES string of the molecule is COc1cc(/C=N/NC(=O)COc2ccccc2C(C)C)ccc1OCCc1ccccc1. The van der Waals surface area contributed by atoms with Gasteiger partial charge in [0.2, 0.25) is 0 Å². The van der Waals surface area contributed by atoms with Crippen molar-refractivity contribution in [3.8, 4) is 17.2 Å². The number of methoxy groups -OCH3 is 1. The van der Waals surface area contributed by atoms with Crippen molar-refractivity contribution in [3.63, 3.8) is 0 Å². The van der Waals surface area contributed by atoms with Crippen molar-refractivity contribution in [1.29, 1.82) is 0 Å². The smallest absolute Gasteiger partial charge is 0.277 e. The van der Waals surface area contributed by atoms with Crippen LogP contribution in [-0.4, -0.2) is 32.4 Å². The maximum atomic E-state index is 12.1. The maximum absolute atomic E-state index is 12.1. The predicted octanol–water partition coefficient (Wildman–Crippen LogP) is 4.97. The normalized spacial score (nSPS) is 10.9. The first kappa shape index (κ1) is 23.9. The van der Waals surface area contributed by atoms with Gasteiger partial charge in [-0.15, -0.1) is 0 Å². The summed E-state index contributed by atoms with van der Waals surface area (Å²) in [5.41, 5.74) is 5.54. The highest BCUT2D eigenvalue weighted by Crippen LogP contribution is 2.28. The van der Waals surface area contributed by atoms with Crippen LogP contribution in [0.1, 0.15) is 36.5 Å². The van der Waals surface area contributed by atoms with E-state index < -0.39 is 0 Å². The Morgan fingerprint density at radius 3 is 2.45 bits per heavy atom. The molecule has 33 heavy (non-hydrogen) atoms. The number of ether oxygens (including phenoxy) is 3. The molecule has 0 radical (unpaired) electrons. The number of carbonyl (C=O) groups excluding carboxylic acids is 1. The lowest BCUT2D eigenvalue weighted by Gasteiger charge is -2.13. The van der Waals surface area contributed by atoms with Crippen LogP contribution in [0.4, 0.5) is 0 Å². The maximum Gasteiger partial charge on any atom is 0.277 e. The summed E-state index contributed by atoms with van der Waals surface area (Å²) < 4.78 is 17.0. The molecule has 3 aromatic carbocycles. The number of hydrogen-bond acceptors (Lipinski definition) is 5. The second-order valence-corrected chi connectivity index (χ2v) is 7.77. The summed E-state index contributed by atoms with van der Waals surface area (Å²) in [5, 5.41) is 4.02. The summed E-state index contributed by atoms with van der Waals surface area (Å²) in [6.07, 6.45) is 2.36. The van der Waals surface area contributed by atoms with Crippen molar-refractivity contribution in [2.24, 2.45) is 5.10 Å². The molecule has 6 heteroatoms. The molecular formula is C27H30N2O4. The van der Waals surface area contributed by atoms with Gasteiger partial charge in [-0.2, -0.15) is 5.10 Å². The van der Waals surface area contributed by atoms with Gasteiger partial charge in [-0.1, -0.05) is 62.4 Å². The quantitative estimate of drug-likeness (QED) is 0.334. The van der Waals surface area contributed by atoms with E-state index in [0.717, 1.165) is 17.5 Å². The van der Waals surface area contributed by atoms with Crippen LogP contribution < -0.4 is 19.6 Å². The third kappa shape index (κ3) is 7.38. The molecule has 0 saturated carbocycles. The molecule has 1 amide bonds. The van der Waals surface area contributed by atoms with Crippen molar-refractivity contribution in [2.45, 2.75) is 26.2 Å². The largest absolute Gasteiger partial charge is 0.493 e. The van der Waals surface area contributed by atoms with E-state index in [1.807, 2.05) is 60.7 Å². The molecule has 1 N–H and O–H groups in total. The number of hydrogen-bond donors (Lipinski definition) is 1. The summed E-state index contributed by atoms with van der Waals surface area (Å²) in [4.78, 5) is 12.1. The van der Waals surface area contributed by atoms with Crippen molar-refractivity contribution in [1.82, 2.24) is 5.43 Å². The Balaban J connectivity index is 1.49. The van der Waals surface area contributed by atoms with Gasteiger partial charge < -0.3 is 14.2 Å². The lowest BCUT2D eigenvalue weighted by molar-refractivity contribution is -0.123. The van der Waals surface area contributed by atoms with Crippen molar-refractivity contribution in [3.05, 3.63) is 89.5 Å². The monoisotopic (exact) mass is 446 g/mol. The van der Waals surface area contributed by atoms with E-state index in [1.165, 1.54) is 5.56 Å². The standard InChI is InChI=1S/C27H30N2O4/c1-20(2)23-11-7-8-12-24(23)33-19-27(30)29-28-18-22-13-14-25(26(17-22)31-3)32-16-15-21-9-5-4-6-10-21/h4-14,17-18,20H,15-16,19H2,1-3H3,(H,29,30)/b28-18+. The average molecular weight is 447 g/mol. The zero-order chi connectivity index (χ0) is 23.5. The fourth-order valence-corrected chi connectivity index (χ4v) is 3.25. The highest BCUT2D eigenvalue weighted by atomic mass is 16.5. The molecule has 6 nitrogen and oxygen atoms in total. The highest BCUT2D eigenvalue weighted by Gasteiger charge is 2.09. The Kier molecular flexibility index (Phi) is 8.88. The topological polar surface area (TPSA) is 69.2 Å². The molecule has 0 saturated heterocycles. The van der Waals surface area contributed by atoms with Crippen LogP contribution in [-0.2, 0) is 11.2 Å². The minimum absolute atomic E-state index is 0.113. The van der Waals surface area contributed by atoms with Gasteiger partial charge in [0, 0.05) is 6.42 Å². The lowest BCUT2D eigenvalue weighted by Crippen LogP contribution is -2.24. The van der Waals surface area contributed by atoms with Crippen molar-refractivity contribution in [2.75, 3.05) is 20.3 Å². The summed E-state index contributed by atoms with van der Waals surface area (Å²) in [6.45, 7) is 4.60. The summed E-state index contributed by atoms with van der Waals surface area (Å²) in [7, 11) is 1.59. The zero-order valence-electron chi connectivity index (χ0n) is 19.3. The van der Waals surface area contributed by atoms with Crippen LogP contribution in [0.25, 0.3) is 0 Å². The first-order valence-corrected chi connectivity index (χ1v) is 10.9. The van der Waals surface area contributed by atoms with E-state index in [-0.39, 0.29) is 12.5 Å². The van der Waals surface area contributed by atoms with Gasteiger partial charge in [-0.05, 0) is 46.9 Å². The Labute approximate surface area is 195 Å². The van der Waals surface area contributed by atoms with Crippen molar-refractivity contribution >= 4 is 12.1 Å². The molecule has 0 fully saturated rings. The van der Waals surface area contributed by atoms with Crippen molar-refractivity contribution < 1.29 is 19.0 Å². The van der Waals surface area contributed by atoms with Crippen LogP contribution in [0.3, 0.4) is 0 Å². The van der Waals surface area contributed by atoms with Gasteiger partial charge in [0.1, 0.15) is 5.75 Å². The van der Waals surface area contributed by atoms with Gasteiger partial charge in [-0.3, -0.25) is 4.79 Å². The van der Waals surface area contributed by atoms with Crippen LogP contribution in [0, 0.1) is 0 Å². The fraction of sp³-hybridized carbons (Fsp3) is 0.259. The minimum Gasteiger partial charge on any atom is -0.493 e. The highest BCUT2D eigenvalue weighted by molar-refractivity contribution is 5.83. The molecule has 0 atom stereocenters. The number of amides is 1. The van der Waals surface area contributed by atoms with E-state index in [9.17, 15) is 4.79 Å². The van der Waals surface area contributed by atoms with Gasteiger partial charge in [0.25, 0.3) is 5.91 Å². The van der Waals surface area contributed by atoms with E-state index in [4.69, 9.17) is 14.2 Å². The molecule has 3 aromatic rings. The number of rotatable bonds is 11. The van der Waals surface area contributed by atoms with Crippen LogP contribution in [0.15, 0.2) is 77.9 Å². The van der Waals surface area contributed by atoms with Crippen LogP contribution in [0.2, 0.25) is 0 Å². The van der Waals surface area contributed by atoms with Gasteiger partial charge in [0.15, 0.2) is 18.1 Å². The Morgan fingerprint density at radius 2 is 1.70 bits per heavy atom. The third-order valence-corrected chi connectivity index (χ3v) is 4.98. The molecule has 3 rings (SSSR count). The third-order valence-electron chi connectivity index (χ3n) is 4.98. The van der Waals surface area contributed by atoms with E-state index in [0.29, 0.717) is 29.8 Å². The Bertz CT molecular complexity index is 1060. The summed E-state index contributed by atoms with van der Waals surface area (Å²) >= 11 is 0. The van der Waals surface area contributed by atoms with E-state index >= 15 is 0 Å². The van der Waals surface area contributed by atoms with Gasteiger partial charge in [0.05, 0.1) is 19.9 Å². The molecule has 172 valence electrons. The van der Waals surface area contributed by atoms with E-state index in [2.05, 4.69) is 36.5 Å². The predicted molar refractivity (Wildman–Crippen MR) is 130 cm³/mol. The Morgan fingerprint density at radius 1 is 0.939 bits per heavy atom. The second kappa shape index (κ2) is 12.3. The molecule has 0 aliphatic rings. The van der Waals surface area contributed by atoms with Crippen LogP contribution >= 0.6 is 0 Å². The first-order valence-electron chi connectivity index (χ1n) is 10.9. The summed E-state index contributed by atoms with van der Waals surface area (Å²) in [5.74, 6) is 1.94. The molecule has 0 aliphatic heterocycles. The van der Waals surface area contributed by atoms with Crippen LogP contribution in [0.5, 0.6) is 17.2 Å². The minimum atomic E-state index is -0.336. The first-order chi connectivity index (χ1) is 16.1. The molecule has 0 unspecified atom stereocenters. The number of nitrogens with one attached hydrogen (secondary N) is 1. The zero-order valence-corrected chi connectivity index (χ0v) is 19.3. The number of benzene rings is 3. The molecule has 0 aromatic heterocycles. The fourth-order valence-electron chi connectivity index (χ4n) is 3.25. The second-order valence-electron chi connectivity index (χ2n) is 7.77.